The predicted molar refractivity (Wildman–Crippen MR) is 107 cm³/mol. The molecule has 1 saturated heterocycles. The molecule has 150 valence electrons. The maximum atomic E-state index is 12.2. The summed E-state index contributed by atoms with van der Waals surface area (Å²) in [6.07, 6.45) is 2.11. The Morgan fingerprint density at radius 2 is 2.07 bits per heavy atom. The summed E-state index contributed by atoms with van der Waals surface area (Å²) in [6, 6.07) is 6.66. The van der Waals surface area contributed by atoms with E-state index in [1.54, 1.807) is 35.2 Å². The van der Waals surface area contributed by atoms with Gasteiger partial charge in [-0.25, -0.2) is 13.8 Å². The topological polar surface area (TPSA) is 103 Å². The van der Waals surface area contributed by atoms with Crippen molar-refractivity contribution in [2.24, 2.45) is 5.10 Å². The second kappa shape index (κ2) is 8.14. The smallest absolute Gasteiger partial charge is 0.271 e. The molecule has 1 aromatic heterocycles. The molecular weight excluding hydrogens is 380 g/mol. The molecule has 1 amide bonds. The van der Waals surface area contributed by atoms with Gasteiger partial charge < -0.3 is 4.74 Å². The summed E-state index contributed by atoms with van der Waals surface area (Å²) in [5, 5.41) is 8.51. The van der Waals surface area contributed by atoms with E-state index in [9.17, 15) is 13.2 Å². The normalized spacial score (nSPS) is 18.5. The minimum absolute atomic E-state index is 0.111. The lowest BCUT2D eigenvalue weighted by molar-refractivity contribution is 0.0955. The first-order valence-corrected chi connectivity index (χ1v) is 10.9. The fraction of sp³-hybridized carbons (Fsp3) is 0.421. The van der Waals surface area contributed by atoms with E-state index >= 15 is 0 Å². The van der Waals surface area contributed by atoms with Gasteiger partial charge in [-0.05, 0) is 51.5 Å². The Labute approximate surface area is 164 Å². The number of rotatable bonds is 6. The summed E-state index contributed by atoms with van der Waals surface area (Å²) in [5.41, 5.74) is 5.32. The van der Waals surface area contributed by atoms with Crippen molar-refractivity contribution in [3.8, 4) is 5.75 Å². The highest BCUT2D eigenvalue weighted by Gasteiger charge is 2.31. The van der Waals surface area contributed by atoms with Gasteiger partial charge in [-0.3, -0.25) is 9.48 Å². The molecule has 0 bridgehead atoms. The summed E-state index contributed by atoms with van der Waals surface area (Å²) < 4.78 is 30.6. The van der Waals surface area contributed by atoms with Gasteiger partial charge in [-0.1, -0.05) is 0 Å². The molecule has 1 fully saturated rings. The standard InChI is InChI=1S/C19H24N4O4S/c1-4-27-17-7-5-15(6-8-17)19(24)21-20-11-18-13(2)22-23(14(18)3)16-9-10-28(25,26)12-16/h5-8,11,16H,4,9-10,12H2,1-3H3,(H,21,24)/b20-11-/t16-/m1/s1. The quantitative estimate of drug-likeness (QED) is 0.586. The Morgan fingerprint density at radius 3 is 2.68 bits per heavy atom. The fourth-order valence-corrected chi connectivity index (χ4v) is 4.97. The number of hydrogen-bond donors (Lipinski definition) is 1. The lowest BCUT2D eigenvalue weighted by Gasteiger charge is -2.10. The molecule has 3 rings (SSSR count). The van der Waals surface area contributed by atoms with Crippen molar-refractivity contribution in [1.82, 2.24) is 15.2 Å². The summed E-state index contributed by atoms with van der Waals surface area (Å²) in [6.45, 7) is 6.17. The second-order valence-corrected chi connectivity index (χ2v) is 8.97. The molecule has 0 unspecified atom stereocenters. The van der Waals surface area contributed by atoms with Crippen LogP contribution in [0.1, 0.15) is 46.7 Å². The van der Waals surface area contributed by atoms with Crippen LogP contribution >= 0.6 is 0 Å². The third kappa shape index (κ3) is 4.41. The summed E-state index contributed by atoms with van der Waals surface area (Å²) in [5.74, 6) is 0.677. The number of hydrazone groups is 1. The highest BCUT2D eigenvalue weighted by molar-refractivity contribution is 7.91. The van der Waals surface area contributed by atoms with E-state index < -0.39 is 9.84 Å². The molecule has 0 saturated carbocycles. The maximum Gasteiger partial charge on any atom is 0.271 e. The van der Waals surface area contributed by atoms with E-state index in [1.165, 1.54) is 0 Å². The van der Waals surface area contributed by atoms with Crippen LogP contribution in [0, 0.1) is 13.8 Å². The van der Waals surface area contributed by atoms with Gasteiger partial charge in [0, 0.05) is 16.8 Å². The molecule has 9 heteroatoms. The Morgan fingerprint density at radius 1 is 1.36 bits per heavy atom. The fourth-order valence-electron chi connectivity index (χ4n) is 3.28. The van der Waals surface area contributed by atoms with E-state index in [2.05, 4.69) is 15.6 Å². The average molecular weight is 404 g/mol. The summed E-state index contributed by atoms with van der Waals surface area (Å²) >= 11 is 0. The van der Waals surface area contributed by atoms with E-state index in [-0.39, 0.29) is 23.5 Å². The average Bonchev–Trinajstić information content (AvgIpc) is 3.15. The molecule has 0 aliphatic carbocycles. The molecule has 1 N–H and O–H groups in total. The molecular formula is C19H24N4O4S. The Hall–Kier alpha value is -2.68. The van der Waals surface area contributed by atoms with Crippen LogP contribution in [-0.4, -0.2) is 48.4 Å². The van der Waals surface area contributed by atoms with Gasteiger partial charge in [0.2, 0.25) is 0 Å². The number of sulfone groups is 1. The minimum Gasteiger partial charge on any atom is -0.494 e. The van der Waals surface area contributed by atoms with E-state index in [4.69, 9.17) is 4.74 Å². The number of nitrogens with one attached hydrogen (secondary N) is 1. The van der Waals surface area contributed by atoms with Gasteiger partial charge in [0.1, 0.15) is 5.75 Å². The van der Waals surface area contributed by atoms with Crippen LogP contribution in [-0.2, 0) is 9.84 Å². The number of aryl methyl sites for hydroxylation is 1. The molecule has 0 spiro atoms. The van der Waals surface area contributed by atoms with Gasteiger partial charge in [-0.15, -0.1) is 0 Å². The van der Waals surface area contributed by atoms with Crippen LogP contribution in [0.5, 0.6) is 5.75 Å². The molecule has 8 nitrogen and oxygen atoms in total. The zero-order valence-electron chi connectivity index (χ0n) is 16.2. The Bertz CT molecular complexity index is 994. The number of nitrogens with zero attached hydrogens (tertiary/aromatic N) is 3. The molecule has 0 radical (unpaired) electrons. The highest BCUT2D eigenvalue weighted by Crippen LogP contribution is 2.26. The van der Waals surface area contributed by atoms with Crippen LogP contribution < -0.4 is 10.2 Å². The van der Waals surface area contributed by atoms with Gasteiger partial charge in [0.15, 0.2) is 9.84 Å². The largest absolute Gasteiger partial charge is 0.494 e. The van der Waals surface area contributed by atoms with Gasteiger partial charge in [0.25, 0.3) is 5.91 Å². The van der Waals surface area contributed by atoms with Crippen molar-refractivity contribution < 1.29 is 17.9 Å². The van der Waals surface area contributed by atoms with Crippen molar-refractivity contribution in [2.75, 3.05) is 18.1 Å². The van der Waals surface area contributed by atoms with E-state index in [0.717, 1.165) is 17.0 Å². The highest BCUT2D eigenvalue weighted by atomic mass is 32.2. The van der Waals surface area contributed by atoms with Crippen molar-refractivity contribution in [2.45, 2.75) is 33.2 Å². The van der Waals surface area contributed by atoms with Crippen molar-refractivity contribution >= 4 is 22.0 Å². The monoisotopic (exact) mass is 404 g/mol. The number of ether oxygens (including phenoxy) is 1. The number of aromatic nitrogens is 2. The van der Waals surface area contributed by atoms with E-state index in [0.29, 0.717) is 24.3 Å². The zero-order chi connectivity index (χ0) is 20.3. The first-order chi connectivity index (χ1) is 13.3. The SMILES string of the molecule is CCOc1ccc(C(=O)N/N=C\c2c(C)nn([C@@H]3CCS(=O)(=O)C3)c2C)cc1. The van der Waals surface area contributed by atoms with Crippen molar-refractivity contribution in [3.63, 3.8) is 0 Å². The van der Waals surface area contributed by atoms with Crippen molar-refractivity contribution in [3.05, 3.63) is 46.8 Å². The molecule has 1 aliphatic heterocycles. The van der Waals surface area contributed by atoms with Crippen LogP contribution in [0.2, 0.25) is 0 Å². The molecule has 1 aromatic carbocycles. The Balaban J connectivity index is 1.68. The number of hydrogen-bond acceptors (Lipinski definition) is 6. The zero-order valence-corrected chi connectivity index (χ0v) is 17.0. The summed E-state index contributed by atoms with van der Waals surface area (Å²) in [7, 11) is -2.99. The van der Waals surface area contributed by atoms with Crippen LogP contribution in [0.4, 0.5) is 0 Å². The van der Waals surface area contributed by atoms with Crippen LogP contribution in [0.15, 0.2) is 29.4 Å². The van der Waals surface area contributed by atoms with Gasteiger partial charge in [0.05, 0.1) is 36.1 Å². The van der Waals surface area contributed by atoms with Crippen molar-refractivity contribution in [1.29, 1.82) is 0 Å². The third-order valence-corrected chi connectivity index (χ3v) is 6.47. The molecule has 2 aromatic rings. The van der Waals surface area contributed by atoms with E-state index in [1.807, 2.05) is 20.8 Å². The number of carbonyl (C=O) groups is 1. The number of benzene rings is 1. The number of carbonyl (C=O) groups excluding carboxylic acids is 1. The molecule has 1 atom stereocenters. The van der Waals surface area contributed by atoms with Crippen LogP contribution in [0.3, 0.4) is 0 Å². The molecule has 28 heavy (non-hydrogen) atoms. The molecule has 1 aliphatic rings. The minimum atomic E-state index is -2.99. The van der Waals surface area contributed by atoms with Gasteiger partial charge >= 0.3 is 0 Å². The lowest BCUT2D eigenvalue weighted by Crippen LogP contribution is -2.17. The lowest BCUT2D eigenvalue weighted by atomic mass is 10.2. The first kappa shape index (κ1) is 20.1. The second-order valence-electron chi connectivity index (χ2n) is 6.74. The number of amides is 1. The van der Waals surface area contributed by atoms with Gasteiger partial charge in [-0.2, -0.15) is 10.2 Å². The Kier molecular flexibility index (Phi) is 5.83. The maximum absolute atomic E-state index is 12.2. The van der Waals surface area contributed by atoms with Crippen LogP contribution in [0.25, 0.3) is 0 Å². The summed E-state index contributed by atoms with van der Waals surface area (Å²) in [4.78, 5) is 12.2. The first-order valence-electron chi connectivity index (χ1n) is 9.13. The molecule has 2 heterocycles. The predicted octanol–water partition coefficient (Wildman–Crippen LogP) is 2.02. The third-order valence-electron chi connectivity index (χ3n) is 4.72.